The predicted molar refractivity (Wildman–Crippen MR) is 98.9 cm³/mol. The Hall–Kier alpha value is -1.93. The second kappa shape index (κ2) is 7.97. The van der Waals surface area contributed by atoms with E-state index in [0.717, 1.165) is 5.56 Å². The average Bonchev–Trinajstić information content (AvgIpc) is 2.54. The van der Waals surface area contributed by atoms with Crippen LogP contribution in [-0.4, -0.2) is 20.4 Å². The van der Waals surface area contributed by atoms with Crippen LogP contribution in [0.25, 0.3) is 0 Å². The van der Waals surface area contributed by atoms with Gasteiger partial charge in [0, 0.05) is 16.8 Å². The number of carbonyl (C=O) groups excluding carboxylic acids is 1. The van der Waals surface area contributed by atoms with Gasteiger partial charge in [0.25, 0.3) is 0 Å². The van der Waals surface area contributed by atoms with Crippen LogP contribution in [0.4, 0.5) is 5.69 Å². The standard InChI is InChI=1S/C17H20ClN3O3S/c1-11(13-4-3-5-14(18)10-13)20-12(2)17(22)21-15-6-8-16(9-7-15)25(19,23)24/h3-12,20H,1-2H3,(H,21,22)(H2,19,23,24)/t11-,12+/m0/s1. The van der Waals surface area contributed by atoms with Crippen LogP contribution >= 0.6 is 11.6 Å². The smallest absolute Gasteiger partial charge is 0.241 e. The summed E-state index contributed by atoms with van der Waals surface area (Å²) in [5, 5.41) is 11.6. The predicted octanol–water partition coefficient (Wildman–Crippen LogP) is 2.67. The van der Waals surface area contributed by atoms with Crippen LogP contribution in [0.3, 0.4) is 0 Å². The van der Waals surface area contributed by atoms with Crippen molar-refractivity contribution in [2.45, 2.75) is 30.8 Å². The van der Waals surface area contributed by atoms with E-state index in [1.165, 1.54) is 24.3 Å². The number of sulfonamides is 1. The van der Waals surface area contributed by atoms with Gasteiger partial charge in [-0.3, -0.25) is 10.1 Å². The van der Waals surface area contributed by atoms with Gasteiger partial charge in [-0.25, -0.2) is 13.6 Å². The SMILES string of the molecule is C[C@H](N[C@H](C)C(=O)Nc1ccc(S(N)(=O)=O)cc1)c1cccc(Cl)c1. The minimum atomic E-state index is -3.75. The zero-order valence-electron chi connectivity index (χ0n) is 13.9. The summed E-state index contributed by atoms with van der Waals surface area (Å²) in [5.41, 5.74) is 1.46. The number of halogens is 1. The first-order valence-electron chi connectivity index (χ1n) is 7.62. The highest BCUT2D eigenvalue weighted by Crippen LogP contribution is 2.18. The molecular formula is C17H20ClN3O3S. The highest BCUT2D eigenvalue weighted by molar-refractivity contribution is 7.89. The van der Waals surface area contributed by atoms with E-state index in [4.69, 9.17) is 16.7 Å². The molecule has 0 radical (unpaired) electrons. The summed E-state index contributed by atoms with van der Waals surface area (Å²) in [4.78, 5) is 12.3. The van der Waals surface area contributed by atoms with Crippen molar-refractivity contribution in [3.63, 3.8) is 0 Å². The van der Waals surface area contributed by atoms with Gasteiger partial charge in [-0.15, -0.1) is 0 Å². The Morgan fingerprint density at radius 3 is 2.32 bits per heavy atom. The molecule has 2 atom stereocenters. The van der Waals surface area contributed by atoms with Crippen molar-refractivity contribution in [1.29, 1.82) is 0 Å². The fraction of sp³-hybridized carbons (Fsp3) is 0.235. The topological polar surface area (TPSA) is 101 Å². The summed E-state index contributed by atoms with van der Waals surface area (Å²) in [6.07, 6.45) is 0. The third-order valence-electron chi connectivity index (χ3n) is 3.69. The summed E-state index contributed by atoms with van der Waals surface area (Å²) >= 11 is 5.98. The second-order valence-corrected chi connectivity index (χ2v) is 7.72. The lowest BCUT2D eigenvalue weighted by molar-refractivity contribution is -0.117. The molecular weight excluding hydrogens is 362 g/mol. The number of hydrogen-bond acceptors (Lipinski definition) is 4. The van der Waals surface area contributed by atoms with Crippen LogP contribution in [0.2, 0.25) is 5.02 Å². The molecule has 1 amide bonds. The van der Waals surface area contributed by atoms with Gasteiger partial charge in [-0.1, -0.05) is 23.7 Å². The molecule has 134 valence electrons. The highest BCUT2D eigenvalue weighted by Gasteiger charge is 2.17. The Kier molecular flexibility index (Phi) is 6.18. The van der Waals surface area contributed by atoms with Gasteiger partial charge in [-0.05, 0) is 55.8 Å². The molecule has 0 saturated heterocycles. The number of nitrogens with two attached hydrogens (primary N) is 1. The average molecular weight is 382 g/mol. The maximum absolute atomic E-state index is 12.3. The van der Waals surface area contributed by atoms with Crippen LogP contribution in [-0.2, 0) is 14.8 Å². The molecule has 0 aromatic heterocycles. The molecule has 0 aliphatic carbocycles. The Bertz CT molecular complexity index is 854. The molecule has 0 fully saturated rings. The molecule has 4 N–H and O–H groups in total. The second-order valence-electron chi connectivity index (χ2n) is 5.72. The summed E-state index contributed by atoms with van der Waals surface area (Å²) in [6, 6.07) is 12.6. The molecule has 0 heterocycles. The van der Waals surface area contributed by atoms with Gasteiger partial charge >= 0.3 is 0 Å². The summed E-state index contributed by atoms with van der Waals surface area (Å²) < 4.78 is 22.5. The normalized spacial score (nSPS) is 13.9. The number of hydrogen-bond donors (Lipinski definition) is 3. The van der Waals surface area contributed by atoms with Crippen LogP contribution in [0.5, 0.6) is 0 Å². The molecule has 0 spiro atoms. The molecule has 8 heteroatoms. The van der Waals surface area contributed by atoms with Gasteiger partial charge in [0.1, 0.15) is 0 Å². The Labute approximate surface area is 152 Å². The lowest BCUT2D eigenvalue weighted by Gasteiger charge is -2.20. The van der Waals surface area contributed by atoms with E-state index in [0.29, 0.717) is 10.7 Å². The van der Waals surface area contributed by atoms with Crippen molar-refractivity contribution in [2.24, 2.45) is 5.14 Å². The minimum absolute atomic E-state index is 0.00810. The van der Waals surface area contributed by atoms with Crippen LogP contribution < -0.4 is 15.8 Å². The number of primary sulfonamides is 1. The van der Waals surface area contributed by atoms with Crippen LogP contribution in [0.1, 0.15) is 25.5 Å². The summed E-state index contributed by atoms with van der Waals surface area (Å²) in [7, 11) is -3.75. The lowest BCUT2D eigenvalue weighted by atomic mass is 10.1. The van der Waals surface area contributed by atoms with Gasteiger partial charge in [0.05, 0.1) is 10.9 Å². The van der Waals surface area contributed by atoms with Crippen molar-refractivity contribution >= 4 is 33.2 Å². The minimum Gasteiger partial charge on any atom is -0.325 e. The van der Waals surface area contributed by atoms with E-state index < -0.39 is 16.1 Å². The first-order chi connectivity index (χ1) is 11.7. The Balaban J connectivity index is 1.98. The third-order valence-corrected chi connectivity index (χ3v) is 4.86. The van der Waals surface area contributed by atoms with E-state index in [9.17, 15) is 13.2 Å². The summed E-state index contributed by atoms with van der Waals surface area (Å²) in [6.45, 7) is 3.69. The van der Waals surface area contributed by atoms with Gasteiger partial charge in [0.2, 0.25) is 15.9 Å². The molecule has 0 aliphatic heterocycles. The van der Waals surface area contributed by atoms with Gasteiger partial charge < -0.3 is 5.32 Å². The highest BCUT2D eigenvalue weighted by atomic mass is 35.5. The molecule has 0 saturated carbocycles. The van der Waals surface area contributed by atoms with Crippen molar-refractivity contribution in [1.82, 2.24) is 5.32 Å². The van der Waals surface area contributed by atoms with E-state index >= 15 is 0 Å². The quantitative estimate of drug-likeness (QED) is 0.715. The molecule has 6 nitrogen and oxygen atoms in total. The Morgan fingerprint density at radius 2 is 1.76 bits per heavy atom. The van der Waals surface area contributed by atoms with Crippen molar-refractivity contribution < 1.29 is 13.2 Å². The zero-order chi connectivity index (χ0) is 18.6. The number of benzene rings is 2. The molecule has 2 rings (SSSR count). The van der Waals surface area contributed by atoms with Crippen LogP contribution in [0, 0.1) is 0 Å². The molecule has 2 aromatic carbocycles. The van der Waals surface area contributed by atoms with Crippen molar-refractivity contribution in [3.05, 3.63) is 59.1 Å². The summed E-state index contributed by atoms with van der Waals surface area (Å²) in [5.74, 6) is -0.239. The fourth-order valence-electron chi connectivity index (χ4n) is 2.30. The first kappa shape index (κ1) is 19.4. The van der Waals surface area contributed by atoms with E-state index in [-0.39, 0.29) is 16.8 Å². The monoisotopic (exact) mass is 381 g/mol. The zero-order valence-corrected chi connectivity index (χ0v) is 15.4. The number of rotatable bonds is 6. The lowest BCUT2D eigenvalue weighted by Crippen LogP contribution is -2.39. The molecule has 25 heavy (non-hydrogen) atoms. The van der Waals surface area contributed by atoms with Gasteiger partial charge in [-0.2, -0.15) is 0 Å². The largest absolute Gasteiger partial charge is 0.325 e. The maximum Gasteiger partial charge on any atom is 0.241 e. The number of nitrogens with one attached hydrogen (secondary N) is 2. The molecule has 2 aromatic rings. The van der Waals surface area contributed by atoms with Crippen LogP contribution in [0.15, 0.2) is 53.4 Å². The van der Waals surface area contributed by atoms with Gasteiger partial charge in [0.15, 0.2) is 0 Å². The number of anilines is 1. The molecule has 0 bridgehead atoms. The maximum atomic E-state index is 12.3. The number of carbonyl (C=O) groups is 1. The van der Waals surface area contributed by atoms with E-state index in [1.807, 2.05) is 25.1 Å². The number of amides is 1. The fourth-order valence-corrected chi connectivity index (χ4v) is 3.02. The molecule has 0 aliphatic rings. The van der Waals surface area contributed by atoms with E-state index in [1.54, 1.807) is 13.0 Å². The third kappa shape index (κ3) is 5.54. The van der Waals surface area contributed by atoms with E-state index in [2.05, 4.69) is 10.6 Å². The molecule has 0 unspecified atom stereocenters. The van der Waals surface area contributed by atoms with Crippen molar-refractivity contribution in [2.75, 3.05) is 5.32 Å². The van der Waals surface area contributed by atoms with Crippen molar-refractivity contribution in [3.8, 4) is 0 Å². The Morgan fingerprint density at radius 1 is 1.12 bits per heavy atom. The first-order valence-corrected chi connectivity index (χ1v) is 9.54.